The lowest BCUT2D eigenvalue weighted by Gasteiger charge is -2.28. The van der Waals surface area contributed by atoms with Crippen LogP contribution in [0.15, 0.2) is 24.3 Å². The lowest BCUT2D eigenvalue weighted by Crippen LogP contribution is -2.46. The molecular weight excluding hydrogens is 326 g/mol. The summed E-state index contributed by atoms with van der Waals surface area (Å²) >= 11 is 0. The number of hydrogen-bond donors (Lipinski definition) is 1. The molecule has 2 heterocycles. The summed E-state index contributed by atoms with van der Waals surface area (Å²) in [5, 5.41) is 12.9. The SMILES string of the molecule is C[C@H](NC(=O)CCN1C(=O)[C@@H]2Cc3ccccc3CN2C1=O)C(=O)[O-]. The number of fused-ring (bicyclic) bond motifs is 2. The molecule has 8 heteroatoms. The number of carboxylic acids is 1. The van der Waals surface area contributed by atoms with E-state index >= 15 is 0 Å². The second-order valence-corrected chi connectivity index (χ2v) is 6.25. The van der Waals surface area contributed by atoms with E-state index in [1.807, 2.05) is 24.3 Å². The van der Waals surface area contributed by atoms with E-state index < -0.39 is 30.0 Å². The molecule has 0 radical (unpaired) electrons. The second kappa shape index (κ2) is 6.54. The number of urea groups is 1. The summed E-state index contributed by atoms with van der Waals surface area (Å²) in [6, 6.07) is 5.59. The number of rotatable bonds is 5. The second-order valence-electron chi connectivity index (χ2n) is 6.25. The van der Waals surface area contributed by atoms with Crippen LogP contribution in [-0.4, -0.2) is 52.2 Å². The Labute approximate surface area is 144 Å². The van der Waals surface area contributed by atoms with Crippen molar-refractivity contribution >= 4 is 23.8 Å². The molecule has 0 bridgehead atoms. The van der Waals surface area contributed by atoms with Gasteiger partial charge in [-0.2, -0.15) is 0 Å². The van der Waals surface area contributed by atoms with Crippen LogP contribution in [0, 0.1) is 0 Å². The molecule has 2 aliphatic rings. The van der Waals surface area contributed by atoms with Gasteiger partial charge in [0.15, 0.2) is 0 Å². The molecule has 1 saturated heterocycles. The topological polar surface area (TPSA) is 110 Å². The smallest absolute Gasteiger partial charge is 0.327 e. The van der Waals surface area contributed by atoms with Crippen molar-refractivity contribution in [2.75, 3.05) is 6.54 Å². The molecule has 25 heavy (non-hydrogen) atoms. The fourth-order valence-electron chi connectivity index (χ4n) is 3.17. The van der Waals surface area contributed by atoms with Crippen molar-refractivity contribution in [1.82, 2.24) is 15.1 Å². The molecule has 0 unspecified atom stereocenters. The van der Waals surface area contributed by atoms with Gasteiger partial charge in [-0.3, -0.25) is 14.5 Å². The first-order valence-corrected chi connectivity index (χ1v) is 8.07. The van der Waals surface area contributed by atoms with E-state index in [1.165, 1.54) is 11.8 Å². The number of nitrogens with one attached hydrogen (secondary N) is 1. The summed E-state index contributed by atoms with van der Waals surface area (Å²) in [6.07, 6.45) is 0.313. The number of carboxylic acid groups (broad SMARTS) is 1. The van der Waals surface area contributed by atoms with Gasteiger partial charge in [0, 0.05) is 25.9 Å². The van der Waals surface area contributed by atoms with Crippen LogP contribution >= 0.6 is 0 Å². The molecule has 4 amide bonds. The third-order valence-electron chi connectivity index (χ3n) is 4.57. The van der Waals surface area contributed by atoms with Gasteiger partial charge in [0.1, 0.15) is 6.04 Å². The number of imide groups is 1. The highest BCUT2D eigenvalue weighted by atomic mass is 16.4. The summed E-state index contributed by atoms with van der Waals surface area (Å²) in [5.41, 5.74) is 2.06. The Kier molecular flexibility index (Phi) is 4.43. The quantitative estimate of drug-likeness (QED) is 0.691. The predicted octanol–water partition coefficient (Wildman–Crippen LogP) is -0.980. The van der Waals surface area contributed by atoms with Crippen molar-refractivity contribution in [2.45, 2.75) is 38.4 Å². The highest BCUT2D eigenvalue weighted by Crippen LogP contribution is 2.29. The molecule has 132 valence electrons. The van der Waals surface area contributed by atoms with Crippen molar-refractivity contribution in [3.05, 3.63) is 35.4 Å². The molecular formula is C17H18N3O5-. The zero-order valence-corrected chi connectivity index (χ0v) is 13.7. The van der Waals surface area contributed by atoms with Gasteiger partial charge in [-0.15, -0.1) is 0 Å². The van der Waals surface area contributed by atoms with Crippen LogP contribution in [0.4, 0.5) is 4.79 Å². The predicted molar refractivity (Wildman–Crippen MR) is 83.8 cm³/mol. The molecule has 2 aliphatic heterocycles. The van der Waals surface area contributed by atoms with Crippen molar-refractivity contribution in [3.8, 4) is 0 Å². The fraction of sp³-hybridized carbons (Fsp3) is 0.412. The van der Waals surface area contributed by atoms with Gasteiger partial charge in [0.05, 0.1) is 12.0 Å². The number of carbonyl (C=O) groups excluding carboxylic acids is 4. The van der Waals surface area contributed by atoms with Crippen molar-refractivity contribution in [2.24, 2.45) is 0 Å². The van der Waals surface area contributed by atoms with Gasteiger partial charge in [-0.1, -0.05) is 24.3 Å². The van der Waals surface area contributed by atoms with Crippen molar-refractivity contribution in [3.63, 3.8) is 0 Å². The number of aliphatic carboxylic acids is 1. The average molecular weight is 344 g/mol. The number of carbonyl (C=O) groups is 4. The van der Waals surface area contributed by atoms with Crippen LogP contribution in [-0.2, 0) is 27.3 Å². The van der Waals surface area contributed by atoms with Crippen molar-refractivity contribution in [1.29, 1.82) is 0 Å². The minimum atomic E-state index is -1.39. The average Bonchev–Trinajstić information content (AvgIpc) is 2.81. The molecule has 8 nitrogen and oxygen atoms in total. The van der Waals surface area contributed by atoms with Crippen LogP contribution in [0.2, 0.25) is 0 Å². The van der Waals surface area contributed by atoms with Gasteiger partial charge in [-0.05, 0) is 18.1 Å². The van der Waals surface area contributed by atoms with Crippen LogP contribution < -0.4 is 10.4 Å². The van der Waals surface area contributed by atoms with Gasteiger partial charge in [0.25, 0.3) is 5.91 Å². The largest absolute Gasteiger partial charge is 0.548 e. The standard InChI is InChI=1S/C17H19N3O5/c1-10(16(23)24)18-14(21)6-7-19-15(22)13-8-11-4-2-3-5-12(11)9-20(13)17(19)25/h2-5,10,13H,6-9H2,1H3,(H,18,21)(H,23,24)/p-1/t10-,13-/m0/s1. The van der Waals surface area contributed by atoms with E-state index in [9.17, 15) is 24.3 Å². The zero-order chi connectivity index (χ0) is 18.1. The molecule has 1 aromatic rings. The van der Waals surface area contributed by atoms with E-state index in [0.29, 0.717) is 13.0 Å². The molecule has 1 N–H and O–H groups in total. The summed E-state index contributed by atoms with van der Waals surface area (Å²) < 4.78 is 0. The third kappa shape index (κ3) is 3.19. The Balaban J connectivity index is 1.64. The maximum Gasteiger partial charge on any atom is 0.327 e. The minimum absolute atomic E-state index is 0.0768. The summed E-state index contributed by atoms with van der Waals surface area (Å²) in [4.78, 5) is 50.0. The lowest BCUT2D eigenvalue weighted by molar-refractivity contribution is -0.307. The van der Waals surface area contributed by atoms with E-state index in [1.54, 1.807) is 0 Å². The Morgan fingerprint density at radius 3 is 2.64 bits per heavy atom. The van der Waals surface area contributed by atoms with Crippen LogP contribution in [0.25, 0.3) is 0 Å². The van der Waals surface area contributed by atoms with E-state index in [4.69, 9.17) is 0 Å². The first-order chi connectivity index (χ1) is 11.9. The molecule has 0 saturated carbocycles. The number of benzene rings is 1. The molecule has 0 aromatic heterocycles. The number of amides is 4. The molecule has 0 aliphatic carbocycles. The Morgan fingerprint density at radius 2 is 1.96 bits per heavy atom. The van der Waals surface area contributed by atoms with Crippen LogP contribution in [0.3, 0.4) is 0 Å². The molecule has 1 aromatic carbocycles. The Hall–Kier alpha value is -2.90. The van der Waals surface area contributed by atoms with Crippen LogP contribution in [0.1, 0.15) is 24.5 Å². The van der Waals surface area contributed by atoms with Gasteiger partial charge in [0.2, 0.25) is 5.91 Å². The van der Waals surface area contributed by atoms with Crippen LogP contribution in [0.5, 0.6) is 0 Å². The Morgan fingerprint density at radius 1 is 1.28 bits per heavy atom. The highest BCUT2D eigenvalue weighted by Gasteiger charge is 2.46. The molecule has 1 fully saturated rings. The maximum atomic E-state index is 12.5. The Bertz CT molecular complexity index is 705. The lowest BCUT2D eigenvalue weighted by atomic mass is 9.95. The molecule has 0 spiro atoms. The monoisotopic (exact) mass is 344 g/mol. The summed E-state index contributed by atoms with van der Waals surface area (Å²) in [7, 11) is 0. The molecule has 2 atom stereocenters. The van der Waals surface area contributed by atoms with E-state index in [0.717, 1.165) is 16.0 Å². The molecule has 3 rings (SSSR count). The van der Waals surface area contributed by atoms with Gasteiger partial charge in [-0.25, -0.2) is 4.79 Å². The summed E-state index contributed by atoms with van der Waals surface area (Å²) in [6.45, 7) is 1.58. The minimum Gasteiger partial charge on any atom is -0.548 e. The first kappa shape index (κ1) is 16.9. The maximum absolute atomic E-state index is 12.5. The normalized spacial score (nSPS) is 20.1. The fourth-order valence-corrected chi connectivity index (χ4v) is 3.17. The highest BCUT2D eigenvalue weighted by molar-refractivity contribution is 6.04. The third-order valence-corrected chi connectivity index (χ3v) is 4.57. The van der Waals surface area contributed by atoms with E-state index in [-0.39, 0.29) is 18.9 Å². The van der Waals surface area contributed by atoms with Gasteiger partial charge >= 0.3 is 6.03 Å². The summed E-state index contributed by atoms with van der Waals surface area (Å²) in [5.74, 6) is -2.26. The van der Waals surface area contributed by atoms with E-state index in [2.05, 4.69) is 5.32 Å². The first-order valence-electron chi connectivity index (χ1n) is 8.07. The van der Waals surface area contributed by atoms with Gasteiger partial charge < -0.3 is 20.1 Å². The van der Waals surface area contributed by atoms with Crippen molar-refractivity contribution < 1.29 is 24.3 Å². The number of hydrogen-bond acceptors (Lipinski definition) is 5. The number of nitrogens with zero attached hydrogens (tertiary/aromatic N) is 2. The zero-order valence-electron chi connectivity index (χ0n) is 13.7.